The Morgan fingerprint density at radius 1 is 1.21 bits per heavy atom. The molecule has 19 heavy (non-hydrogen) atoms. The number of nitrogen functional groups attached to an aromatic ring is 1. The molecule has 2 aromatic carbocycles. The summed E-state index contributed by atoms with van der Waals surface area (Å²) in [6.45, 7) is 1.99. The molecule has 2 rings (SSSR count). The highest BCUT2D eigenvalue weighted by Crippen LogP contribution is 2.29. The molecule has 4 N–H and O–H groups in total. The van der Waals surface area contributed by atoms with Crippen LogP contribution in [0.3, 0.4) is 0 Å². The van der Waals surface area contributed by atoms with Crippen molar-refractivity contribution in [2.75, 3.05) is 11.1 Å². The first-order valence-corrected chi connectivity index (χ1v) is 6.42. The van der Waals surface area contributed by atoms with Crippen LogP contribution in [0.15, 0.2) is 40.9 Å². The monoisotopic (exact) mass is 320 g/mol. The number of carbonyl (C=O) groups is 1. The first-order valence-electron chi connectivity index (χ1n) is 5.63. The quantitative estimate of drug-likeness (QED) is 0.752. The summed E-state index contributed by atoms with van der Waals surface area (Å²) < 4.78 is 0.876. The van der Waals surface area contributed by atoms with Crippen molar-refractivity contribution in [3.63, 3.8) is 0 Å². The maximum absolute atomic E-state index is 11.2. The molecule has 0 bridgehead atoms. The number of carboxylic acids is 1. The van der Waals surface area contributed by atoms with Crippen LogP contribution < -0.4 is 11.1 Å². The average molecular weight is 321 g/mol. The molecule has 0 fully saturated rings. The van der Waals surface area contributed by atoms with Crippen LogP contribution in [0.2, 0.25) is 0 Å². The van der Waals surface area contributed by atoms with Gasteiger partial charge in [-0.15, -0.1) is 0 Å². The van der Waals surface area contributed by atoms with Gasteiger partial charge in [-0.3, -0.25) is 0 Å². The summed E-state index contributed by atoms with van der Waals surface area (Å²) in [4.78, 5) is 11.2. The van der Waals surface area contributed by atoms with E-state index in [1.54, 1.807) is 12.1 Å². The summed E-state index contributed by atoms with van der Waals surface area (Å²) in [6.07, 6.45) is 0. The number of aromatic carboxylic acids is 1. The van der Waals surface area contributed by atoms with Gasteiger partial charge >= 0.3 is 5.97 Å². The van der Waals surface area contributed by atoms with Gasteiger partial charge < -0.3 is 16.2 Å². The molecule has 2 aromatic rings. The number of nitrogens with one attached hydrogen (secondary N) is 1. The Morgan fingerprint density at radius 2 is 1.89 bits per heavy atom. The average Bonchev–Trinajstić information content (AvgIpc) is 2.34. The Balaban J connectivity index is 2.40. The summed E-state index contributed by atoms with van der Waals surface area (Å²) in [5, 5.41) is 12.3. The fraction of sp³-hybridized carbons (Fsp3) is 0.0714. The zero-order chi connectivity index (χ0) is 14.0. The first kappa shape index (κ1) is 13.4. The second-order valence-corrected chi connectivity index (χ2v) is 5.07. The number of hydrogen-bond acceptors (Lipinski definition) is 3. The van der Waals surface area contributed by atoms with E-state index in [1.165, 1.54) is 6.07 Å². The molecule has 0 saturated carbocycles. The zero-order valence-corrected chi connectivity index (χ0v) is 11.9. The normalized spacial score (nSPS) is 10.2. The lowest BCUT2D eigenvalue weighted by atomic mass is 10.1. The third-order valence-electron chi connectivity index (χ3n) is 2.67. The number of nitrogens with two attached hydrogens (primary N) is 1. The lowest BCUT2D eigenvalue weighted by Crippen LogP contribution is -2.04. The minimum absolute atomic E-state index is 0.146. The van der Waals surface area contributed by atoms with Gasteiger partial charge in [0.2, 0.25) is 0 Å². The van der Waals surface area contributed by atoms with E-state index in [-0.39, 0.29) is 5.56 Å². The third-order valence-corrected chi connectivity index (χ3v) is 3.32. The van der Waals surface area contributed by atoms with Crippen molar-refractivity contribution >= 4 is 39.0 Å². The van der Waals surface area contributed by atoms with Crippen molar-refractivity contribution in [1.29, 1.82) is 0 Å². The molecule has 0 aromatic heterocycles. The molecule has 0 aliphatic carbocycles. The second-order valence-electron chi connectivity index (χ2n) is 4.22. The Morgan fingerprint density at radius 3 is 2.53 bits per heavy atom. The summed E-state index contributed by atoms with van der Waals surface area (Å²) in [5.41, 5.74) is 8.60. The van der Waals surface area contributed by atoms with Gasteiger partial charge in [0.15, 0.2) is 0 Å². The molecule has 0 atom stereocenters. The maximum atomic E-state index is 11.2. The van der Waals surface area contributed by atoms with Crippen molar-refractivity contribution in [3.8, 4) is 0 Å². The van der Waals surface area contributed by atoms with Crippen molar-refractivity contribution in [3.05, 3.63) is 52.0 Å². The van der Waals surface area contributed by atoms with E-state index in [0.717, 1.165) is 15.7 Å². The summed E-state index contributed by atoms with van der Waals surface area (Å²) >= 11 is 3.45. The molecule has 0 spiro atoms. The van der Waals surface area contributed by atoms with Gasteiger partial charge in [-0.1, -0.05) is 6.07 Å². The Kier molecular flexibility index (Phi) is 3.76. The lowest BCUT2D eigenvalue weighted by Gasteiger charge is -2.12. The van der Waals surface area contributed by atoms with Crippen LogP contribution in [0.25, 0.3) is 0 Å². The van der Waals surface area contributed by atoms with Crippen molar-refractivity contribution in [1.82, 2.24) is 0 Å². The van der Waals surface area contributed by atoms with Gasteiger partial charge in [-0.25, -0.2) is 4.79 Å². The van der Waals surface area contributed by atoms with Gasteiger partial charge in [0.05, 0.1) is 16.9 Å². The molecular weight excluding hydrogens is 308 g/mol. The maximum Gasteiger partial charge on any atom is 0.337 e. The number of carboxylic acid groups (broad SMARTS) is 1. The van der Waals surface area contributed by atoms with Crippen LogP contribution in [-0.4, -0.2) is 11.1 Å². The van der Waals surface area contributed by atoms with E-state index in [9.17, 15) is 9.90 Å². The van der Waals surface area contributed by atoms with E-state index >= 15 is 0 Å². The highest BCUT2D eigenvalue weighted by molar-refractivity contribution is 9.10. The molecule has 0 unspecified atom stereocenters. The molecule has 98 valence electrons. The predicted molar refractivity (Wildman–Crippen MR) is 80.0 cm³/mol. The third kappa shape index (κ3) is 3.06. The molecule has 0 radical (unpaired) electrons. The highest BCUT2D eigenvalue weighted by atomic mass is 79.9. The molecule has 0 aliphatic rings. The summed E-state index contributed by atoms with van der Waals surface area (Å²) in [6, 6.07) is 10.6. The molecular formula is C14H13BrN2O2. The Hall–Kier alpha value is -2.01. The van der Waals surface area contributed by atoms with Gasteiger partial charge in [-0.05, 0) is 58.7 Å². The fourth-order valence-corrected chi connectivity index (χ4v) is 2.31. The van der Waals surface area contributed by atoms with E-state index in [4.69, 9.17) is 5.73 Å². The standard InChI is InChI=1S/C14H13BrN2O2/c1-8-2-4-13(11(15)6-8)17-12-5-3-9(16)7-10(12)14(18)19/h2-7,17H,16H2,1H3,(H,18,19). The van der Waals surface area contributed by atoms with Crippen LogP contribution in [0.1, 0.15) is 15.9 Å². The van der Waals surface area contributed by atoms with Gasteiger partial charge in [0, 0.05) is 10.2 Å². The minimum Gasteiger partial charge on any atom is -0.478 e. The Bertz CT molecular complexity index is 641. The molecule has 0 aliphatic heterocycles. The molecule has 0 heterocycles. The molecule has 5 heteroatoms. The van der Waals surface area contributed by atoms with E-state index in [0.29, 0.717) is 11.4 Å². The number of anilines is 3. The summed E-state index contributed by atoms with van der Waals surface area (Å²) in [5.74, 6) is -1.02. The van der Waals surface area contributed by atoms with Crippen molar-refractivity contribution < 1.29 is 9.90 Å². The lowest BCUT2D eigenvalue weighted by molar-refractivity contribution is 0.0698. The van der Waals surface area contributed by atoms with Crippen LogP contribution in [0.5, 0.6) is 0 Å². The Labute approximate surface area is 119 Å². The topological polar surface area (TPSA) is 75.3 Å². The van der Waals surface area contributed by atoms with E-state index in [1.807, 2.05) is 25.1 Å². The van der Waals surface area contributed by atoms with Gasteiger partial charge in [-0.2, -0.15) is 0 Å². The SMILES string of the molecule is Cc1ccc(Nc2ccc(N)cc2C(=O)O)c(Br)c1. The predicted octanol–water partition coefficient (Wildman–Crippen LogP) is 3.78. The molecule has 0 amide bonds. The van der Waals surface area contributed by atoms with Gasteiger partial charge in [0.1, 0.15) is 0 Å². The van der Waals surface area contributed by atoms with E-state index < -0.39 is 5.97 Å². The van der Waals surface area contributed by atoms with Crippen LogP contribution in [0.4, 0.5) is 17.1 Å². The second kappa shape index (κ2) is 5.32. The summed E-state index contributed by atoms with van der Waals surface area (Å²) in [7, 11) is 0. The zero-order valence-electron chi connectivity index (χ0n) is 10.3. The molecule has 0 saturated heterocycles. The number of rotatable bonds is 3. The van der Waals surface area contributed by atoms with Crippen LogP contribution >= 0.6 is 15.9 Å². The van der Waals surface area contributed by atoms with Crippen molar-refractivity contribution in [2.24, 2.45) is 0 Å². The number of benzene rings is 2. The van der Waals surface area contributed by atoms with Crippen LogP contribution in [0, 0.1) is 6.92 Å². The van der Waals surface area contributed by atoms with Gasteiger partial charge in [0.25, 0.3) is 0 Å². The fourth-order valence-electron chi connectivity index (χ4n) is 1.71. The van der Waals surface area contributed by atoms with E-state index in [2.05, 4.69) is 21.2 Å². The number of hydrogen-bond donors (Lipinski definition) is 3. The smallest absolute Gasteiger partial charge is 0.337 e. The number of halogens is 1. The molecule has 4 nitrogen and oxygen atoms in total. The largest absolute Gasteiger partial charge is 0.478 e. The highest BCUT2D eigenvalue weighted by Gasteiger charge is 2.11. The van der Waals surface area contributed by atoms with Crippen molar-refractivity contribution in [2.45, 2.75) is 6.92 Å². The first-order chi connectivity index (χ1) is 8.97. The minimum atomic E-state index is -1.02. The number of aryl methyl sites for hydroxylation is 1. The van der Waals surface area contributed by atoms with Crippen LogP contribution in [-0.2, 0) is 0 Å².